The zero-order valence-corrected chi connectivity index (χ0v) is 13.1. The second-order valence-electron chi connectivity index (χ2n) is 5.41. The summed E-state index contributed by atoms with van der Waals surface area (Å²) in [7, 11) is 0. The van der Waals surface area contributed by atoms with Gasteiger partial charge in [0.05, 0.1) is 5.92 Å². The van der Waals surface area contributed by atoms with Gasteiger partial charge in [-0.3, -0.25) is 4.79 Å². The van der Waals surface area contributed by atoms with Gasteiger partial charge in [-0.1, -0.05) is 55.8 Å². The third-order valence-corrected chi connectivity index (χ3v) is 3.66. The van der Waals surface area contributed by atoms with Crippen LogP contribution in [0.5, 0.6) is 5.75 Å². The molecule has 0 aliphatic heterocycles. The number of hydrogen-bond acceptors (Lipinski definition) is 2. The van der Waals surface area contributed by atoms with Crippen molar-refractivity contribution in [2.45, 2.75) is 32.0 Å². The first kappa shape index (κ1) is 17.8. The number of amides is 1. The molecule has 0 bridgehead atoms. The van der Waals surface area contributed by atoms with E-state index < -0.39 is 18.2 Å². The Labute approximate surface area is 138 Å². The van der Waals surface area contributed by atoms with E-state index in [1.54, 1.807) is 36.4 Å². The van der Waals surface area contributed by atoms with Gasteiger partial charge in [0.15, 0.2) is 0 Å². The Bertz CT molecular complexity index is 696. The van der Waals surface area contributed by atoms with E-state index in [0.717, 1.165) is 12.0 Å². The highest BCUT2D eigenvalue weighted by Gasteiger charge is 2.32. The van der Waals surface area contributed by atoms with Gasteiger partial charge >= 0.3 is 6.36 Å². The molecular formula is C18H18F3NO2. The number of carbonyl (C=O) groups excluding carboxylic acids is 1. The average molecular weight is 337 g/mol. The van der Waals surface area contributed by atoms with Crippen molar-refractivity contribution in [1.82, 2.24) is 0 Å². The molecule has 0 fully saturated rings. The number of primary amides is 1. The van der Waals surface area contributed by atoms with Crippen LogP contribution in [0.15, 0.2) is 48.5 Å². The molecular weight excluding hydrogens is 319 g/mol. The van der Waals surface area contributed by atoms with E-state index in [2.05, 4.69) is 4.74 Å². The molecule has 2 N–H and O–H groups in total. The van der Waals surface area contributed by atoms with E-state index >= 15 is 0 Å². The highest BCUT2D eigenvalue weighted by Crippen LogP contribution is 2.34. The number of halogens is 3. The normalized spacial score (nSPS) is 12.7. The lowest BCUT2D eigenvalue weighted by Crippen LogP contribution is -2.21. The van der Waals surface area contributed by atoms with Crippen LogP contribution in [0.25, 0.3) is 11.1 Å². The summed E-state index contributed by atoms with van der Waals surface area (Å²) >= 11 is 0. The molecule has 0 aromatic heterocycles. The number of carbonyl (C=O) groups is 1. The molecule has 0 aliphatic rings. The predicted molar refractivity (Wildman–Crippen MR) is 85.4 cm³/mol. The summed E-state index contributed by atoms with van der Waals surface area (Å²) in [5.74, 6) is -1.08. The summed E-state index contributed by atoms with van der Waals surface area (Å²) in [5.41, 5.74) is 7.06. The van der Waals surface area contributed by atoms with Gasteiger partial charge < -0.3 is 10.5 Å². The Morgan fingerprint density at radius 2 is 1.75 bits per heavy atom. The fourth-order valence-corrected chi connectivity index (χ4v) is 2.58. The third kappa shape index (κ3) is 4.50. The molecule has 0 spiro atoms. The second kappa shape index (κ2) is 7.38. The summed E-state index contributed by atoms with van der Waals surface area (Å²) < 4.78 is 41.6. The minimum Gasteiger partial charge on any atom is -0.405 e. The molecule has 2 aromatic rings. The number of nitrogens with two attached hydrogens (primary N) is 1. The van der Waals surface area contributed by atoms with Crippen LogP contribution in [0, 0.1) is 0 Å². The number of para-hydroxylation sites is 1. The van der Waals surface area contributed by atoms with Crippen molar-refractivity contribution in [3.8, 4) is 16.9 Å². The highest BCUT2D eigenvalue weighted by atomic mass is 19.4. The standard InChI is InChI=1S/C18H18F3NO2/c1-2-5-15(17(22)23)13-10-8-12(9-11-13)14-6-3-4-7-16(14)24-18(19,20)21/h3-4,6-11,15H,2,5H2,1H3,(H2,22,23). The fraction of sp³-hybridized carbons (Fsp3) is 0.278. The van der Waals surface area contributed by atoms with Crippen LogP contribution in [0.2, 0.25) is 0 Å². The minimum absolute atomic E-state index is 0.266. The van der Waals surface area contributed by atoms with Gasteiger partial charge in [-0.2, -0.15) is 0 Å². The number of benzene rings is 2. The molecule has 0 radical (unpaired) electrons. The van der Waals surface area contributed by atoms with Crippen molar-refractivity contribution >= 4 is 5.91 Å². The first-order chi connectivity index (χ1) is 11.3. The van der Waals surface area contributed by atoms with Crippen LogP contribution < -0.4 is 10.5 Å². The van der Waals surface area contributed by atoms with Crippen molar-refractivity contribution in [1.29, 1.82) is 0 Å². The van der Waals surface area contributed by atoms with Crippen LogP contribution in [0.1, 0.15) is 31.2 Å². The second-order valence-corrected chi connectivity index (χ2v) is 5.41. The molecule has 128 valence electrons. The highest BCUT2D eigenvalue weighted by molar-refractivity contribution is 5.82. The Balaban J connectivity index is 2.33. The summed E-state index contributed by atoms with van der Waals surface area (Å²) in [4.78, 5) is 11.5. The molecule has 0 aliphatic carbocycles. The largest absolute Gasteiger partial charge is 0.573 e. The van der Waals surface area contributed by atoms with Crippen LogP contribution in [-0.4, -0.2) is 12.3 Å². The third-order valence-electron chi connectivity index (χ3n) is 3.66. The summed E-state index contributed by atoms with van der Waals surface area (Å²) in [5, 5.41) is 0. The van der Waals surface area contributed by atoms with Crippen LogP contribution in [0.3, 0.4) is 0 Å². The molecule has 1 atom stereocenters. The minimum atomic E-state index is -4.76. The molecule has 24 heavy (non-hydrogen) atoms. The van der Waals surface area contributed by atoms with E-state index in [9.17, 15) is 18.0 Å². The van der Waals surface area contributed by atoms with Gasteiger partial charge in [-0.25, -0.2) is 0 Å². The average Bonchev–Trinajstić information content (AvgIpc) is 2.52. The van der Waals surface area contributed by atoms with Gasteiger partial charge in [-0.05, 0) is 23.6 Å². The summed E-state index contributed by atoms with van der Waals surface area (Å²) in [6, 6.07) is 12.7. The first-order valence-corrected chi connectivity index (χ1v) is 7.56. The van der Waals surface area contributed by atoms with E-state index in [1.807, 2.05) is 6.92 Å². The zero-order chi connectivity index (χ0) is 17.7. The lowest BCUT2D eigenvalue weighted by Gasteiger charge is -2.15. The number of ether oxygens (including phenoxy) is 1. The summed E-state index contributed by atoms with van der Waals surface area (Å²) in [6.07, 6.45) is -3.33. The molecule has 1 amide bonds. The number of alkyl halides is 3. The van der Waals surface area contributed by atoms with Gasteiger partial charge in [0.25, 0.3) is 0 Å². The molecule has 6 heteroatoms. The van der Waals surface area contributed by atoms with Crippen molar-refractivity contribution in [3.05, 3.63) is 54.1 Å². The molecule has 2 aromatic carbocycles. The smallest absolute Gasteiger partial charge is 0.405 e. The molecule has 0 heterocycles. The van der Waals surface area contributed by atoms with E-state index in [4.69, 9.17) is 5.73 Å². The number of hydrogen-bond donors (Lipinski definition) is 1. The summed E-state index contributed by atoms with van der Waals surface area (Å²) in [6.45, 7) is 1.95. The monoisotopic (exact) mass is 337 g/mol. The molecule has 0 saturated carbocycles. The Morgan fingerprint density at radius 1 is 1.12 bits per heavy atom. The van der Waals surface area contributed by atoms with Crippen molar-refractivity contribution < 1.29 is 22.7 Å². The zero-order valence-electron chi connectivity index (χ0n) is 13.1. The van der Waals surface area contributed by atoms with Crippen LogP contribution in [0.4, 0.5) is 13.2 Å². The van der Waals surface area contributed by atoms with Crippen molar-refractivity contribution in [2.75, 3.05) is 0 Å². The predicted octanol–water partition coefficient (Wildman–Crippen LogP) is 4.62. The Morgan fingerprint density at radius 3 is 2.29 bits per heavy atom. The van der Waals surface area contributed by atoms with Crippen molar-refractivity contribution in [3.63, 3.8) is 0 Å². The lowest BCUT2D eigenvalue weighted by atomic mass is 9.92. The van der Waals surface area contributed by atoms with Crippen molar-refractivity contribution in [2.24, 2.45) is 5.73 Å². The maximum absolute atomic E-state index is 12.5. The molecule has 1 unspecified atom stereocenters. The molecule has 0 saturated heterocycles. The first-order valence-electron chi connectivity index (χ1n) is 7.56. The maximum Gasteiger partial charge on any atom is 0.573 e. The molecule has 2 rings (SSSR count). The Kier molecular flexibility index (Phi) is 5.49. The number of rotatable bonds is 6. The quantitative estimate of drug-likeness (QED) is 0.836. The maximum atomic E-state index is 12.5. The van der Waals surface area contributed by atoms with E-state index in [1.165, 1.54) is 12.1 Å². The fourth-order valence-electron chi connectivity index (χ4n) is 2.58. The lowest BCUT2D eigenvalue weighted by molar-refractivity contribution is -0.274. The van der Waals surface area contributed by atoms with Crippen LogP contribution >= 0.6 is 0 Å². The van der Waals surface area contributed by atoms with Gasteiger partial charge in [0.1, 0.15) is 5.75 Å². The van der Waals surface area contributed by atoms with Crippen LogP contribution in [-0.2, 0) is 4.79 Å². The SMILES string of the molecule is CCCC(C(N)=O)c1ccc(-c2ccccc2OC(F)(F)F)cc1. The topological polar surface area (TPSA) is 52.3 Å². The van der Waals surface area contributed by atoms with E-state index in [0.29, 0.717) is 17.5 Å². The molecule has 3 nitrogen and oxygen atoms in total. The van der Waals surface area contributed by atoms with Gasteiger partial charge in [-0.15, -0.1) is 13.2 Å². The Hall–Kier alpha value is -2.50. The van der Waals surface area contributed by atoms with Gasteiger partial charge in [0.2, 0.25) is 5.91 Å². The van der Waals surface area contributed by atoms with E-state index in [-0.39, 0.29) is 5.75 Å². The van der Waals surface area contributed by atoms with Gasteiger partial charge in [0, 0.05) is 5.56 Å².